The summed E-state index contributed by atoms with van der Waals surface area (Å²) in [5, 5.41) is 13.0. The van der Waals surface area contributed by atoms with Crippen molar-refractivity contribution in [3.05, 3.63) is 28.7 Å². The molecular weight excluding hydrogens is 392 g/mol. The summed E-state index contributed by atoms with van der Waals surface area (Å²) in [6.07, 6.45) is 7.26. The number of anilines is 1. The van der Waals surface area contributed by atoms with Gasteiger partial charge in [0, 0.05) is 30.3 Å². The van der Waals surface area contributed by atoms with E-state index in [1.165, 1.54) is 6.20 Å². The third-order valence-electron chi connectivity index (χ3n) is 5.75. The van der Waals surface area contributed by atoms with Crippen molar-refractivity contribution in [1.29, 1.82) is 0 Å². The number of ether oxygens (including phenoxy) is 1. The lowest BCUT2D eigenvalue weighted by molar-refractivity contribution is 0.224. The number of carbonyl (C=O) groups excluding carboxylic acids is 1. The maximum Gasteiger partial charge on any atom is 0.354 e. The van der Waals surface area contributed by atoms with Crippen molar-refractivity contribution in [1.82, 2.24) is 14.8 Å². The molecule has 1 atom stereocenters. The lowest BCUT2D eigenvalue weighted by Crippen LogP contribution is -2.21. The molecule has 1 aliphatic heterocycles. The summed E-state index contributed by atoms with van der Waals surface area (Å²) in [7, 11) is -3.48. The number of nitrogens with zero attached hydrogens (tertiary/aromatic N) is 4. The minimum absolute atomic E-state index is 0.155. The number of fused-ring (bicyclic) bond motifs is 2. The van der Waals surface area contributed by atoms with Gasteiger partial charge in [-0.1, -0.05) is 0 Å². The van der Waals surface area contributed by atoms with Crippen LogP contribution in [-0.2, 0) is 29.3 Å². The van der Waals surface area contributed by atoms with E-state index in [2.05, 4.69) is 14.8 Å². The monoisotopic (exact) mass is 416 g/mol. The number of nitrogens with two attached hydrogens (primary N) is 1. The second-order valence-corrected chi connectivity index (χ2v) is 9.64. The second kappa shape index (κ2) is 6.81. The zero-order valence-corrected chi connectivity index (χ0v) is 17.1. The van der Waals surface area contributed by atoms with Crippen LogP contribution in [0.15, 0.2) is 15.5 Å². The predicted molar refractivity (Wildman–Crippen MR) is 107 cm³/mol. The summed E-state index contributed by atoms with van der Waals surface area (Å²) in [6.45, 7) is 3.13. The molecule has 29 heavy (non-hydrogen) atoms. The van der Waals surface area contributed by atoms with Crippen LogP contribution in [0.5, 0.6) is 5.88 Å². The van der Waals surface area contributed by atoms with Crippen LogP contribution >= 0.6 is 0 Å². The number of amides is 2. The molecule has 0 bridgehead atoms. The summed E-state index contributed by atoms with van der Waals surface area (Å²) in [5.74, 6) is 0.806. The first kappa shape index (κ1) is 18.6. The number of carbonyl (C=O) groups is 1. The number of aromatic nitrogens is 3. The number of urea groups is 1. The van der Waals surface area contributed by atoms with Crippen LogP contribution in [0.1, 0.15) is 54.1 Å². The van der Waals surface area contributed by atoms with Crippen molar-refractivity contribution in [2.75, 3.05) is 11.9 Å². The number of hydrogen-bond donors (Lipinski definition) is 2. The molecule has 0 aromatic carbocycles. The Morgan fingerprint density at radius 2 is 2.21 bits per heavy atom. The van der Waals surface area contributed by atoms with Crippen molar-refractivity contribution in [3.8, 4) is 5.88 Å². The van der Waals surface area contributed by atoms with Gasteiger partial charge in [-0.25, -0.2) is 18.8 Å². The summed E-state index contributed by atoms with van der Waals surface area (Å²) < 4.78 is 24.0. The van der Waals surface area contributed by atoms with Crippen LogP contribution in [0.25, 0.3) is 0 Å². The molecule has 0 saturated heterocycles. The van der Waals surface area contributed by atoms with Gasteiger partial charge < -0.3 is 10.1 Å². The first-order valence-corrected chi connectivity index (χ1v) is 11.6. The molecule has 0 spiro atoms. The number of aryl methyl sites for hydroxylation is 2. The quantitative estimate of drug-likeness (QED) is 0.796. The Labute approximate surface area is 169 Å². The van der Waals surface area contributed by atoms with Crippen LogP contribution in [0.4, 0.5) is 10.5 Å². The van der Waals surface area contributed by atoms with Gasteiger partial charge in [-0.3, -0.25) is 4.98 Å². The fourth-order valence-corrected chi connectivity index (χ4v) is 5.18. The Morgan fingerprint density at radius 3 is 3.00 bits per heavy atom. The molecule has 2 aromatic heterocycles. The zero-order valence-electron chi connectivity index (χ0n) is 16.3. The molecule has 1 fully saturated rings. The Hall–Kier alpha value is -2.46. The van der Waals surface area contributed by atoms with Gasteiger partial charge in [0.2, 0.25) is 5.88 Å². The first-order chi connectivity index (χ1) is 13.9. The van der Waals surface area contributed by atoms with Crippen LogP contribution in [-0.4, -0.2) is 31.6 Å². The number of nitrogens with one attached hydrogen (secondary N) is 1. The number of pyridine rings is 1. The van der Waals surface area contributed by atoms with Gasteiger partial charge in [-0.15, -0.1) is 4.36 Å². The molecule has 5 rings (SSSR count). The van der Waals surface area contributed by atoms with E-state index >= 15 is 0 Å². The highest BCUT2D eigenvalue weighted by atomic mass is 32.2. The van der Waals surface area contributed by atoms with Gasteiger partial charge >= 0.3 is 6.03 Å². The van der Waals surface area contributed by atoms with Crippen LogP contribution in [0, 0.1) is 6.92 Å². The van der Waals surface area contributed by atoms with Gasteiger partial charge in [0.1, 0.15) is 4.90 Å². The van der Waals surface area contributed by atoms with Gasteiger partial charge in [0.15, 0.2) is 9.92 Å². The average molecular weight is 417 g/mol. The van der Waals surface area contributed by atoms with Crippen molar-refractivity contribution in [3.63, 3.8) is 0 Å². The molecule has 154 valence electrons. The van der Waals surface area contributed by atoms with E-state index in [0.717, 1.165) is 66.7 Å². The number of rotatable bonds is 3. The maximum absolute atomic E-state index is 13.0. The molecule has 3 heterocycles. The lowest BCUT2D eigenvalue weighted by atomic mass is 10.0. The summed E-state index contributed by atoms with van der Waals surface area (Å²) in [4.78, 5) is 17.7. The molecule has 0 radical (unpaired) electrons. The number of hydrogen-bond acceptors (Lipinski definition) is 5. The molecule has 0 unspecified atom stereocenters. The molecule has 9 nitrogen and oxygen atoms in total. The van der Waals surface area contributed by atoms with E-state index in [1.54, 1.807) is 4.68 Å². The van der Waals surface area contributed by atoms with Crippen molar-refractivity contribution < 1.29 is 13.7 Å². The van der Waals surface area contributed by atoms with Crippen LogP contribution in [0.3, 0.4) is 0 Å². The molecule has 1 saturated carbocycles. The highest BCUT2D eigenvalue weighted by Gasteiger charge is 2.31. The minimum atomic E-state index is -3.48. The minimum Gasteiger partial charge on any atom is -0.477 e. The summed E-state index contributed by atoms with van der Waals surface area (Å²) >= 11 is 0. The third-order valence-corrected chi connectivity index (χ3v) is 7.09. The fourth-order valence-electron chi connectivity index (χ4n) is 4.18. The van der Waals surface area contributed by atoms with Crippen LogP contribution in [0.2, 0.25) is 0 Å². The second-order valence-electron chi connectivity index (χ2n) is 7.88. The van der Waals surface area contributed by atoms with E-state index < -0.39 is 15.9 Å². The molecule has 2 aromatic rings. The van der Waals surface area contributed by atoms with E-state index in [-0.39, 0.29) is 4.90 Å². The topological polar surface area (TPSA) is 124 Å². The Bertz CT molecular complexity index is 1130. The molecule has 3 aliphatic rings. The molecule has 2 amide bonds. The Morgan fingerprint density at radius 1 is 1.38 bits per heavy atom. The van der Waals surface area contributed by atoms with E-state index in [4.69, 9.17) is 14.9 Å². The fraction of sp³-hybridized carbons (Fsp3) is 0.526. The Balaban J connectivity index is 1.48. The van der Waals surface area contributed by atoms with Crippen LogP contribution < -0.4 is 15.2 Å². The predicted octanol–water partition coefficient (Wildman–Crippen LogP) is 2.67. The highest BCUT2D eigenvalue weighted by Crippen LogP contribution is 2.44. The highest BCUT2D eigenvalue weighted by molar-refractivity contribution is 7.91. The third kappa shape index (κ3) is 3.29. The molecular formula is C19H24N6O3S. The maximum atomic E-state index is 13.0. The van der Waals surface area contributed by atoms with Crippen molar-refractivity contribution in [2.24, 2.45) is 9.50 Å². The molecule has 2 aliphatic carbocycles. The van der Waals surface area contributed by atoms with E-state index in [1.807, 2.05) is 6.92 Å². The van der Waals surface area contributed by atoms with Gasteiger partial charge in [0.25, 0.3) is 0 Å². The largest absolute Gasteiger partial charge is 0.477 e. The van der Waals surface area contributed by atoms with Gasteiger partial charge in [0.05, 0.1) is 18.5 Å². The Kier molecular flexibility index (Phi) is 4.36. The SMILES string of the molecule is Cc1c(C2CC2)nc2c(c1NC(=O)N=[S@@](N)(=O)c1cnn3c1OCCC3)CCC2. The van der Waals surface area contributed by atoms with E-state index in [9.17, 15) is 9.00 Å². The van der Waals surface area contributed by atoms with Crippen molar-refractivity contribution in [2.45, 2.75) is 62.8 Å². The lowest BCUT2D eigenvalue weighted by Gasteiger charge is -2.17. The first-order valence-electron chi connectivity index (χ1n) is 10.0. The zero-order chi connectivity index (χ0) is 20.2. The summed E-state index contributed by atoms with van der Waals surface area (Å²) in [6, 6.07) is -0.724. The molecule has 3 N–H and O–H groups in total. The van der Waals surface area contributed by atoms with Crippen molar-refractivity contribution >= 4 is 21.6 Å². The summed E-state index contributed by atoms with van der Waals surface area (Å²) in [5.41, 5.74) is 4.91. The van der Waals surface area contributed by atoms with Gasteiger partial charge in [-0.2, -0.15) is 5.10 Å². The normalized spacial score (nSPS) is 19.7. The smallest absolute Gasteiger partial charge is 0.354 e. The average Bonchev–Trinajstić information content (AvgIpc) is 3.24. The van der Waals surface area contributed by atoms with Gasteiger partial charge in [-0.05, 0) is 50.2 Å². The standard InChI is InChI=1S/C19H24N6O3S/c1-11-16(12-6-7-12)22-14-5-2-4-13(14)17(11)23-19(26)24-29(20,27)15-10-21-25-8-3-9-28-18(15)25/h10,12H,2-9H2,1H3,(H3,20,22,23,24,26,27)/t29-/m1/s1. The van der Waals surface area contributed by atoms with E-state index in [0.29, 0.717) is 24.9 Å². The molecule has 10 heteroatoms.